The fourth-order valence-corrected chi connectivity index (χ4v) is 1.13. The first-order valence-corrected chi connectivity index (χ1v) is 3.83. The van der Waals surface area contributed by atoms with Crippen molar-refractivity contribution in [3.63, 3.8) is 0 Å². The van der Waals surface area contributed by atoms with Crippen LogP contribution in [0.4, 0.5) is 5.82 Å². The number of hydrogen-bond acceptors (Lipinski definition) is 3. The van der Waals surface area contributed by atoms with Crippen molar-refractivity contribution >= 4 is 18.4 Å². The SMILES string of the molecule is CCn1cc(N)nc1CS. The van der Waals surface area contributed by atoms with E-state index in [1.807, 2.05) is 17.7 Å². The van der Waals surface area contributed by atoms with Gasteiger partial charge in [0.05, 0.1) is 0 Å². The number of thiol groups is 1. The first-order chi connectivity index (χ1) is 4.77. The molecule has 0 amide bonds. The maximum atomic E-state index is 5.46. The fraction of sp³-hybridized carbons (Fsp3) is 0.500. The average molecular weight is 157 g/mol. The van der Waals surface area contributed by atoms with Crippen LogP contribution in [0.3, 0.4) is 0 Å². The zero-order valence-electron chi connectivity index (χ0n) is 5.91. The standard InChI is InChI=1S/C6H11N3S/c1-2-9-3-5(7)8-6(9)4-10/h3,10H,2,4,7H2,1H3. The molecule has 0 spiro atoms. The fourth-order valence-electron chi connectivity index (χ4n) is 0.876. The quantitative estimate of drug-likeness (QED) is 0.627. The highest BCUT2D eigenvalue weighted by molar-refractivity contribution is 7.79. The normalized spacial score (nSPS) is 10.2. The minimum atomic E-state index is 0.575. The summed E-state index contributed by atoms with van der Waals surface area (Å²) < 4.78 is 1.99. The molecule has 0 aliphatic heterocycles. The summed E-state index contributed by atoms with van der Waals surface area (Å²) in [5.41, 5.74) is 5.46. The summed E-state index contributed by atoms with van der Waals surface area (Å²) in [7, 11) is 0. The van der Waals surface area contributed by atoms with E-state index in [-0.39, 0.29) is 0 Å². The third kappa shape index (κ3) is 1.26. The predicted molar refractivity (Wildman–Crippen MR) is 45.0 cm³/mol. The molecule has 0 atom stereocenters. The molecule has 1 heterocycles. The van der Waals surface area contributed by atoms with E-state index in [1.54, 1.807) is 0 Å². The van der Waals surface area contributed by atoms with Crippen molar-refractivity contribution in [2.75, 3.05) is 5.73 Å². The molecule has 2 N–H and O–H groups in total. The third-order valence-electron chi connectivity index (χ3n) is 1.36. The van der Waals surface area contributed by atoms with Crippen LogP contribution in [0.15, 0.2) is 6.20 Å². The summed E-state index contributed by atoms with van der Waals surface area (Å²) in [6.07, 6.45) is 1.82. The lowest BCUT2D eigenvalue weighted by molar-refractivity contribution is 0.726. The number of nitrogens with two attached hydrogens (primary N) is 1. The van der Waals surface area contributed by atoms with Crippen LogP contribution < -0.4 is 5.73 Å². The molecule has 0 aliphatic rings. The molecule has 1 rings (SSSR count). The second kappa shape index (κ2) is 2.96. The van der Waals surface area contributed by atoms with Crippen LogP contribution in [0.25, 0.3) is 0 Å². The number of imidazole rings is 1. The molecule has 0 unspecified atom stereocenters. The van der Waals surface area contributed by atoms with Crippen LogP contribution in [0.1, 0.15) is 12.7 Å². The summed E-state index contributed by atoms with van der Waals surface area (Å²) in [6, 6.07) is 0. The Kier molecular flexibility index (Phi) is 2.21. The topological polar surface area (TPSA) is 43.8 Å². The number of aryl methyl sites for hydroxylation is 1. The summed E-state index contributed by atoms with van der Waals surface area (Å²) >= 11 is 4.11. The van der Waals surface area contributed by atoms with Gasteiger partial charge in [0.25, 0.3) is 0 Å². The molecule has 0 aromatic carbocycles. The van der Waals surface area contributed by atoms with Gasteiger partial charge in [-0.3, -0.25) is 0 Å². The Bertz CT molecular complexity index is 197. The number of nitrogen functional groups attached to an aromatic ring is 1. The van der Waals surface area contributed by atoms with Crippen molar-refractivity contribution < 1.29 is 0 Å². The van der Waals surface area contributed by atoms with Gasteiger partial charge in [0.15, 0.2) is 0 Å². The molecule has 0 fully saturated rings. The zero-order chi connectivity index (χ0) is 7.56. The van der Waals surface area contributed by atoms with Crippen LogP contribution in [-0.2, 0) is 12.3 Å². The molecular formula is C6H11N3S. The Hall–Kier alpha value is -0.640. The van der Waals surface area contributed by atoms with Crippen molar-refractivity contribution in [1.82, 2.24) is 9.55 Å². The first-order valence-electron chi connectivity index (χ1n) is 3.20. The minimum Gasteiger partial charge on any atom is -0.382 e. The van der Waals surface area contributed by atoms with E-state index >= 15 is 0 Å². The molecule has 0 radical (unpaired) electrons. The van der Waals surface area contributed by atoms with Crippen LogP contribution in [0.5, 0.6) is 0 Å². The Morgan fingerprint density at radius 3 is 2.90 bits per heavy atom. The van der Waals surface area contributed by atoms with Crippen LogP contribution in [-0.4, -0.2) is 9.55 Å². The van der Waals surface area contributed by atoms with Gasteiger partial charge in [0.1, 0.15) is 11.6 Å². The molecule has 0 bridgehead atoms. The van der Waals surface area contributed by atoms with E-state index in [0.717, 1.165) is 12.4 Å². The van der Waals surface area contributed by atoms with Gasteiger partial charge in [-0.25, -0.2) is 4.98 Å². The van der Waals surface area contributed by atoms with Crippen molar-refractivity contribution in [2.45, 2.75) is 19.2 Å². The Balaban J connectivity index is 2.96. The molecule has 10 heavy (non-hydrogen) atoms. The first kappa shape index (κ1) is 7.47. The Morgan fingerprint density at radius 1 is 1.80 bits per heavy atom. The van der Waals surface area contributed by atoms with E-state index in [1.165, 1.54) is 0 Å². The predicted octanol–water partition coefficient (Wildman–Crippen LogP) is 0.915. The van der Waals surface area contributed by atoms with Crippen LogP contribution >= 0.6 is 12.6 Å². The van der Waals surface area contributed by atoms with Crippen molar-refractivity contribution in [1.29, 1.82) is 0 Å². The summed E-state index contributed by atoms with van der Waals surface area (Å²) in [5.74, 6) is 2.15. The number of rotatable bonds is 2. The van der Waals surface area contributed by atoms with Gasteiger partial charge >= 0.3 is 0 Å². The van der Waals surface area contributed by atoms with Crippen molar-refractivity contribution in [3.8, 4) is 0 Å². The van der Waals surface area contributed by atoms with E-state index < -0.39 is 0 Å². The van der Waals surface area contributed by atoms with Gasteiger partial charge in [0, 0.05) is 18.5 Å². The maximum Gasteiger partial charge on any atom is 0.141 e. The Morgan fingerprint density at radius 2 is 2.50 bits per heavy atom. The second-order valence-corrected chi connectivity index (χ2v) is 2.34. The van der Waals surface area contributed by atoms with Crippen molar-refractivity contribution in [2.24, 2.45) is 0 Å². The summed E-state index contributed by atoms with van der Waals surface area (Å²) in [5, 5.41) is 0. The van der Waals surface area contributed by atoms with E-state index in [9.17, 15) is 0 Å². The highest BCUT2D eigenvalue weighted by Crippen LogP contribution is 2.06. The van der Waals surface area contributed by atoms with Gasteiger partial charge in [-0.15, -0.1) is 0 Å². The number of hydrogen-bond donors (Lipinski definition) is 2. The minimum absolute atomic E-state index is 0.575. The average Bonchev–Trinajstić information content (AvgIpc) is 2.30. The lowest BCUT2D eigenvalue weighted by atomic mass is 10.6. The molecular weight excluding hydrogens is 146 g/mol. The van der Waals surface area contributed by atoms with E-state index in [4.69, 9.17) is 5.73 Å². The van der Waals surface area contributed by atoms with Crippen LogP contribution in [0.2, 0.25) is 0 Å². The molecule has 56 valence electrons. The monoisotopic (exact) mass is 157 g/mol. The molecule has 0 saturated carbocycles. The molecule has 4 heteroatoms. The number of anilines is 1. The molecule has 1 aromatic heterocycles. The van der Waals surface area contributed by atoms with Gasteiger partial charge < -0.3 is 10.3 Å². The second-order valence-electron chi connectivity index (χ2n) is 2.03. The number of nitrogens with zero attached hydrogens (tertiary/aromatic N) is 2. The van der Waals surface area contributed by atoms with Crippen molar-refractivity contribution in [3.05, 3.63) is 12.0 Å². The van der Waals surface area contributed by atoms with Gasteiger partial charge in [-0.05, 0) is 6.92 Å². The molecule has 0 saturated heterocycles. The molecule has 3 nitrogen and oxygen atoms in total. The van der Waals surface area contributed by atoms with E-state index in [2.05, 4.69) is 17.6 Å². The Labute approximate surface area is 65.7 Å². The van der Waals surface area contributed by atoms with Gasteiger partial charge in [-0.1, -0.05) is 0 Å². The largest absolute Gasteiger partial charge is 0.382 e. The number of aromatic nitrogens is 2. The molecule has 0 aliphatic carbocycles. The van der Waals surface area contributed by atoms with Gasteiger partial charge in [0.2, 0.25) is 0 Å². The zero-order valence-corrected chi connectivity index (χ0v) is 6.80. The van der Waals surface area contributed by atoms with Crippen LogP contribution in [0, 0.1) is 0 Å². The maximum absolute atomic E-state index is 5.46. The summed E-state index contributed by atoms with van der Waals surface area (Å²) in [6.45, 7) is 2.95. The van der Waals surface area contributed by atoms with Gasteiger partial charge in [-0.2, -0.15) is 12.6 Å². The highest BCUT2D eigenvalue weighted by atomic mass is 32.1. The smallest absolute Gasteiger partial charge is 0.141 e. The molecule has 1 aromatic rings. The lowest BCUT2D eigenvalue weighted by Gasteiger charge is -1.98. The highest BCUT2D eigenvalue weighted by Gasteiger charge is 2.00. The summed E-state index contributed by atoms with van der Waals surface area (Å²) in [4.78, 5) is 4.06. The third-order valence-corrected chi connectivity index (χ3v) is 1.64. The van der Waals surface area contributed by atoms with E-state index in [0.29, 0.717) is 11.6 Å². The lowest BCUT2D eigenvalue weighted by Crippen LogP contribution is -1.97.